The van der Waals surface area contributed by atoms with E-state index in [4.69, 9.17) is 19.7 Å². The Bertz CT molecular complexity index is 3520. The molecule has 0 saturated carbocycles. The summed E-state index contributed by atoms with van der Waals surface area (Å²) in [7, 11) is 0. The Kier molecular flexibility index (Phi) is 7.83. The van der Waals surface area contributed by atoms with E-state index in [-0.39, 0.29) is 11.8 Å². The number of nitrogens with zero attached hydrogens (tertiary/aromatic N) is 3. The van der Waals surface area contributed by atoms with Gasteiger partial charge in [-0.25, -0.2) is 15.0 Å². The van der Waals surface area contributed by atoms with Crippen LogP contribution in [0.1, 0.15) is 40.9 Å². The fraction of sp³-hybridized carbons (Fsp3) is 0.0678. The number of benzene rings is 9. The van der Waals surface area contributed by atoms with E-state index in [1.165, 1.54) is 54.6 Å². The van der Waals surface area contributed by atoms with Crippen molar-refractivity contribution in [3.63, 3.8) is 0 Å². The van der Waals surface area contributed by atoms with Crippen molar-refractivity contribution in [2.24, 2.45) is 5.92 Å². The first-order valence-electron chi connectivity index (χ1n) is 21.8. The number of hydrogen-bond acceptors (Lipinski definition) is 4. The second-order valence-corrected chi connectivity index (χ2v) is 17.1. The molecule has 2 heterocycles. The monoisotopic (exact) mass is 805 g/mol. The van der Waals surface area contributed by atoms with Crippen LogP contribution in [0.15, 0.2) is 206 Å². The molecule has 1 aromatic heterocycles. The van der Waals surface area contributed by atoms with Crippen LogP contribution >= 0.6 is 0 Å². The fourth-order valence-electron chi connectivity index (χ4n) is 10.8. The van der Waals surface area contributed by atoms with E-state index >= 15 is 0 Å². The van der Waals surface area contributed by atoms with Crippen molar-refractivity contribution < 1.29 is 4.74 Å². The van der Waals surface area contributed by atoms with Gasteiger partial charge in [-0.2, -0.15) is 0 Å². The quantitative estimate of drug-likeness (QED) is 0.166. The number of allylic oxidation sites excluding steroid dienone is 4. The third kappa shape index (κ3) is 5.31. The van der Waals surface area contributed by atoms with Crippen molar-refractivity contribution in [2.45, 2.75) is 18.3 Å². The molecule has 10 aromatic rings. The van der Waals surface area contributed by atoms with Crippen LogP contribution in [-0.2, 0) is 5.41 Å². The molecular formula is C59H39N3O. The minimum absolute atomic E-state index is 0.00205. The summed E-state index contributed by atoms with van der Waals surface area (Å²) in [5, 5.41) is 7.56. The Hall–Kier alpha value is -7.95. The molecule has 1 spiro atoms. The third-order valence-corrected chi connectivity index (χ3v) is 13.7. The van der Waals surface area contributed by atoms with E-state index in [1.54, 1.807) is 0 Å². The van der Waals surface area contributed by atoms with E-state index in [1.807, 2.05) is 0 Å². The van der Waals surface area contributed by atoms with Crippen molar-refractivity contribution in [1.29, 1.82) is 0 Å². The number of aromatic nitrogens is 3. The number of fused-ring (bicyclic) bond motifs is 15. The van der Waals surface area contributed by atoms with E-state index in [9.17, 15) is 0 Å². The highest BCUT2D eigenvalue weighted by atomic mass is 16.5. The van der Waals surface area contributed by atoms with Gasteiger partial charge in [0, 0.05) is 28.2 Å². The lowest BCUT2D eigenvalue weighted by Crippen LogP contribution is -2.32. The van der Waals surface area contributed by atoms with E-state index in [0.29, 0.717) is 11.6 Å². The van der Waals surface area contributed by atoms with Gasteiger partial charge in [-0.05, 0) is 95.9 Å². The van der Waals surface area contributed by atoms with Gasteiger partial charge < -0.3 is 4.74 Å². The van der Waals surface area contributed by atoms with E-state index in [0.717, 1.165) is 50.7 Å². The maximum atomic E-state index is 6.89. The van der Waals surface area contributed by atoms with Gasteiger partial charge in [-0.1, -0.05) is 189 Å². The first-order chi connectivity index (χ1) is 31.1. The van der Waals surface area contributed by atoms with Crippen molar-refractivity contribution in [1.82, 2.24) is 15.0 Å². The van der Waals surface area contributed by atoms with Crippen molar-refractivity contribution >= 4 is 32.3 Å². The van der Waals surface area contributed by atoms with Gasteiger partial charge in [-0.15, -0.1) is 0 Å². The van der Waals surface area contributed by atoms with Gasteiger partial charge in [0.05, 0.1) is 5.41 Å². The maximum absolute atomic E-state index is 6.89. The molecule has 0 bridgehead atoms. The Labute approximate surface area is 365 Å². The molecule has 2 atom stereocenters. The number of hydrogen-bond donors (Lipinski definition) is 0. The number of ether oxygens (including phenoxy) is 1. The van der Waals surface area contributed by atoms with Gasteiger partial charge >= 0.3 is 0 Å². The predicted molar refractivity (Wildman–Crippen MR) is 256 cm³/mol. The summed E-state index contributed by atoms with van der Waals surface area (Å²) >= 11 is 0. The average molecular weight is 806 g/mol. The lowest BCUT2D eigenvalue weighted by Gasteiger charge is -2.39. The van der Waals surface area contributed by atoms with Crippen LogP contribution in [-0.4, -0.2) is 15.0 Å². The topological polar surface area (TPSA) is 47.9 Å². The van der Waals surface area contributed by atoms with Gasteiger partial charge in [0.2, 0.25) is 0 Å². The molecule has 3 aliphatic rings. The first kappa shape index (κ1) is 35.8. The Balaban J connectivity index is 0.968. The molecule has 9 aromatic carbocycles. The Morgan fingerprint density at radius 3 is 1.62 bits per heavy atom. The maximum Gasteiger partial charge on any atom is 0.163 e. The van der Waals surface area contributed by atoms with Crippen LogP contribution in [0.3, 0.4) is 0 Å². The second-order valence-electron chi connectivity index (χ2n) is 17.1. The van der Waals surface area contributed by atoms with Crippen LogP contribution in [0, 0.1) is 5.92 Å². The highest BCUT2D eigenvalue weighted by molar-refractivity contribution is 6.25. The summed E-state index contributed by atoms with van der Waals surface area (Å²) in [4.78, 5) is 15.8. The summed E-state index contributed by atoms with van der Waals surface area (Å²) in [5.41, 5.74) is 10.8. The molecule has 0 saturated heterocycles. The second kappa shape index (κ2) is 13.8. The largest absolute Gasteiger partial charge is 0.457 e. The van der Waals surface area contributed by atoms with Crippen LogP contribution in [0.4, 0.5) is 0 Å². The van der Waals surface area contributed by atoms with Gasteiger partial charge in [0.15, 0.2) is 11.6 Å². The molecule has 2 aliphatic carbocycles. The van der Waals surface area contributed by atoms with Crippen LogP contribution in [0.2, 0.25) is 0 Å². The van der Waals surface area contributed by atoms with Crippen LogP contribution in [0.5, 0.6) is 11.5 Å². The van der Waals surface area contributed by atoms with Crippen molar-refractivity contribution in [3.05, 3.63) is 234 Å². The van der Waals surface area contributed by atoms with Gasteiger partial charge in [0.25, 0.3) is 0 Å². The molecule has 0 N–H and O–H groups in total. The molecule has 13 rings (SSSR count). The summed E-state index contributed by atoms with van der Waals surface area (Å²) < 4.78 is 6.89. The summed E-state index contributed by atoms with van der Waals surface area (Å²) in [6.07, 6.45) is 8.64. The lowest BCUT2D eigenvalue weighted by molar-refractivity contribution is 0.436. The van der Waals surface area contributed by atoms with E-state index in [2.05, 4.69) is 213 Å². The average Bonchev–Trinajstić information content (AvgIpc) is 3.64. The molecule has 1 aliphatic heterocycles. The molecular weight excluding hydrogens is 767 g/mol. The van der Waals surface area contributed by atoms with Gasteiger partial charge in [-0.3, -0.25) is 0 Å². The molecule has 4 heteroatoms. The molecule has 2 unspecified atom stereocenters. The summed E-state index contributed by atoms with van der Waals surface area (Å²) in [5.74, 6) is 3.88. The molecule has 296 valence electrons. The zero-order valence-corrected chi connectivity index (χ0v) is 34.5. The summed E-state index contributed by atoms with van der Waals surface area (Å²) in [6, 6.07) is 65.6. The van der Waals surface area contributed by atoms with E-state index < -0.39 is 5.41 Å². The van der Waals surface area contributed by atoms with Crippen LogP contribution < -0.4 is 4.74 Å². The third-order valence-electron chi connectivity index (χ3n) is 13.7. The lowest BCUT2D eigenvalue weighted by atomic mass is 9.66. The Morgan fingerprint density at radius 2 is 0.921 bits per heavy atom. The fourth-order valence-corrected chi connectivity index (χ4v) is 10.8. The van der Waals surface area contributed by atoms with Gasteiger partial charge in [0.1, 0.15) is 17.3 Å². The molecule has 4 nitrogen and oxygen atoms in total. The number of rotatable bonds is 4. The molecule has 63 heavy (non-hydrogen) atoms. The zero-order valence-electron chi connectivity index (χ0n) is 34.5. The van der Waals surface area contributed by atoms with Crippen molar-refractivity contribution in [2.75, 3.05) is 0 Å². The minimum Gasteiger partial charge on any atom is -0.457 e. The highest BCUT2D eigenvalue weighted by Crippen LogP contribution is 2.62. The SMILES string of the molecule is CC1C=CC=CC1c1nc(-c2cccc(-c3ccc4c5ccccc5c5ccccc5c4c3)c2)nc(-c2ccc3c(c2)Oc2ccccc2C32c3ccccc3-c3ccccc32)n1. The van der Waals surface area contributed by atoms with Crippen LogP contribution in [0.25, 0.3) is 77.3 Å². The zero-order chi connectivity index (χ0) is 41.6. The molecule has 0 fully saturated rings. The number of para-hydroxylation sites is 1. The van der Waals surface area contributed by atoms with Crippen molar-refractivity contribution in [3.8, 4) is 56.5 Å². The highest BCUT2D eigenvalue weighted by Gasteiger charge is 2.51. The first-order valence-corrected chi connectivity index (χ1v) is 21.8. The minimum atomic E-state index is -0.539. The smallest absolute Gasteiger partial charge is 0.163 e. The molecule has 0 radical (unpaired) electrons. The summed E-state index contributed by atoms with van der Waals surface area (Å²) in [6.45, 7) is 2.22. The predicted octanol–water partition coefficient (Wildman–Crippen LogP) is 14.6. The Morgan fingerprint density at radius 1 is 0.397 bits per heavy atom. The standard InChI is InChI=1S/C59H39N3O/c1-36-15-2-3-18-41(36)58-61-56(39-17-14-16-37(33-39)38-29-31-46-44-21-5-4-19-42(44)43-20-6-7-22-45(43)49(46)34-38)60-57(62-58)40-30-32-53-55(35-40)63-54-28-13-12-27-52(54)59(53)50-25-10-8-23-47(50)48-24-9-11-26-51(48)59/h2-36,41H,1H3. The molecule has 0 amide bonds. The normalized spacial score (nSPS) is 16.5.